The standard InChI is InChI=1S/C21H32N2O3/c24-20(7-6-18-4-2-1-3-5-18)19-8-12-23(13-9-19)21(25)10-11-22-14-16-26-17-15-22/h1-5,19-20,24H,6-17H2/t20-/m1/s1. The van der Waals surface area contributed by atoms with Gasteiger partial charge in [-0.1, -0.05) is 30.3 Å². The molecule has 2 fully saturated rings. The highest BCUT2D eigenvalue weighted by Crippen LogP contribution is 2.24. The van der Waals surface area contributed by atoms with Gasteiger partial charge in [0.15, 0.2) is 0 Å². The largest absolute Gasteiger partial charge is 0.393 e. The van der Waals surface area contributed by atoms with E-state index in [0.717, 1.165) is 71.6 Å². The van der Waals surface area contributed by atoms with Crippen molar-refractivity contribution in [2.75, 3.05) is 45.9 Å². The smallest absolute Gasteiger partial charge is 0.223 e. The van der Waals surface area contributed by atoms with Gasteiger partial charge in [-0.25, -0.2) is 0 Å². The number of hydrogen-bond donors (Lipinski definition) is 1. The lowest BCUT2D eigenvalue weighted by Gasteiger charge is -2.35. The third-order valence-electron chi connectivity index (χ3n) is 5.75. The van der Waals surface area contributed by atoms with Crippen LogP contribution in [0.2, 0.25) is 0 Å². The zero-order valence-electron chi connectivity index (χ0n) is 15.7. The molecule has 5 heteroatoms. The van der Waals surface area contributed by atoms with Gasteiger partial charge in [0.1, 0.15) is 0 Å². The highest BCUT2D eigenvalue weighted by molar-refractivity contribution is 5.76. The molecule has 0 bridgehead atoms. The molecule has 0 spiro atoms. The number of rotatable bonds is 7. The Morgan fingerprint density at radius 3 is 2.50 bits per heavy atom. The first-order valence-corrected chi connectivity index (χ1v) is 10.0. The Labute approximate surface area is 156 Å². The molecule has 0 saturated carbocycles. The molecule has 1 aromatic rings. The molecule has 0 radical (unpaired) electrons. The van der Waals surface area contributed by atoms with Crippen molar-refractivity contribution in [2.24, 2.45) is 5.92 Å². The fraction of sp³-hybridized carbons (Fsp3) is 0.667. The second kappa shape index (κ2) is 10.0. The van der Waals surface area contributed by atoms with Crippen molar-refractivity contribution in [1.82, 2.24) is 9.80 Å². The third-order valence-corrected chi connectivity index (χ3v) is 5.75. The van der Waals surface area contributed by atoms with E-state index in [1.807, 2.05) is 23.1 Å². The fourth-order valence-electron chi connectivity index (χ4n) is 3.97. The van der Waals surface area contributed by atoms with Gasteiger partial charge in [-0.3, -0.25) is 9.69 Å². The maximum absolute atomic E-state index is 12.4. The van der Waals surface area contributed by atoms with Crippen molar-refractivity contribution in [2.45, 2.75) is 38.2 Å². The quantitative estimate of drug-likeness (QED) is 0.807. The molecule has 5 nitrogen and oxygen atoms in total. The van der Waals surface area contributed by atoms with E-state index >= 15 is 0 Å². The van der Waals surface area contributed by atoms with E-state index in [1.54, 1.807) is 0 Å². The van der Waals surface area contributed by atoms with Crippen molar-refractivity contribution in [3.8, 4) is 0 Å². The number of carbonyl (C=O) groups excluding carboxylic acids is 1. The summed E-state index contributed by atoms with van der Waals surface area (Å²) in [5.74, 6) is 0.579. The van der Waals surface area contributed by atoms with E-state index in [0.29, 0.717) is 12.3 Å². The zero-order chi connectivity index (χ0) is 18.2. The average Bonchev–Trinajstić information content (AvgIpc) is 2.72. The Balaban J connectivity index is 1.34. The molecule has 144 valence electrons. The second-order valence-electron chi connectivity index (χ2n) is 7.51. The van der Waals surface area contributed by atoms with Gasteiger partial charge >= 0.3 is 0 Å². The third kappa shape index (κ3) is 5.79. The van der Waals surface area contributed by atoms with E-state index in [9.17, 15) is 9.90 Å². The molecule has 0 aliphatic carbocycles. The van der Waals surface area contributed by atoms with Crippen LogP contribution in [0.25, 0.3) is 0 Å². The van der Waals surface area contributed by atoms with Gasteiger partial charge in [-0.2, -0.15) is 0 Å². The molecule has 0 unspecified atom stereocenters. The number of likely N-dealkylation sites (tertiary alicyclic amines) is 1. The monoisotopic (exact) mass is 360 g/mol. The van der Waals surface area contributed by atoms with Gasteiger partial charge in [-0.05, 0) is 37.2 Å². The summed E-state index contributed by atoms with van der Waals surface area (Å²) in [7, 11) is 0. The van der Waals surface area contributed by atoms with Crippen LogP contribution in [0.5, 0.6) is 0 Å². The minimum absolute atomic E-state index is 0.258. The molecule has 1 atom stereocenters. The van der Waals surface area contributed by atoms with Gasteiger partial charge in [-0.15, -0.1) is 0 Å². The summed E-state index contributed by atoms with van der Waals surface area (Å²) in [4.78, 5) is 16.7. The van der Waals surface area contributed by atoms with Crippen LogP contribution in [-0.4, -0.2) is 72.9 Å². The number of nitrogens with zero attached hydrogens (tertiary/aromatic N) is 2. The highest BCUT2D eigenvalue weighted by Gasteiger charge is 2.27. The summed E-state index contributed by atoms with van der Waals surface area (Å²) in [6, 6.07) is 10.3. The van der Waals surface area contributed by atoms with Gasteiger partial charge in [0.05, 0.1) is 19.3 Å². The number of aliphatic hydroxyl groups excluding tert-OH is 1. The molecule has 1 amide bonds. The Morgan fingerprint density at radius 1 is 1.12 bits per heavy atom. The Kier molecular flexibility index (Phi) is 7.47. The van der Waals surface area contributed by atoms with Crippen LogP contribution >= 0.6 is 0 Å². The Bertz CT molecular complexity index is 537. The summed E-state index contributed by atoms with van der Waals surface area (Å²) in [6.45, 7) is 5.83. The summed E-state index contributed by atoms with van der Waals surface area (Å²) in [5.41, 5.74) is 1.28. The minimum atomic E-state index is -0.263. The van der Waals surface area contributed by atoms with E-state index in [2.05, 4.69) is 17.0 Å². The fourth-order valence-corrected chi connectivity index (χ4v) is 3.97. The lowest BCUT2D eigenvalue weighted by Crippen LogP contribution is -2.43. The number of ether oxygens (including phenoxy) is 1. The number of piperidine rings is 1. The molecular weight excluding hydrogens is 328 g/mol. The predicted octanol–water partition coefficient (Wildman–Crippen LogP) is 1.94. The van der Waals surface area contributed by atoms with E-state index in [4.69, 9.17) is 4.74 Å². The number of carbonyl (C=O) groups is 1. The topological polar surface area (TPSA) is 53.0 Å². The van der Waals surface area contributed by atoms with Crippen LogP contribution in [0.15, 0.2) is 30.3 Å². The molecule has 2 aliphatic rings. The first-order chi connectivity index (χ1) is 12.7. The molecule has 3 rings (SSSR count). The van der Waals surface area contributed by atoms with Crippen molar-refractivity contribution < 1.29 is 14.6 Å². The maximum Gasteiger partial charge on any atom is 0.223 e. The van der Waals surface area contributed by atoms with E-state index in [1.165, 1.54) is 5.56 Å². The summed E-state index contributed by atoms with van der Waals surface area (Å²) in [5, 5.41) is 10.5. The van der Waals surface area contributed by atoms with Crippen molar-refractivity contribution in [3.63, 3.8) is 0 Å². The van der Waals surface area contributed by atoms with Gasteiger partial charge in [0.25, 0.3) is 0 Å². The number of benzene rings is 1. The Hall–Kier alpha value is -1.43. The van der Waals surface area contributed by atoms with Gasteiger partial charge in [0.2, 0.25) is 5.91 Å². The van der Waals surface area contributed by atoms with Crippen LogP contribution in [0.1, 0.15) is 31.2 Å². The molecule has 2 saturated heterocycles. The molecule has 1 N–H and O–H groups in total. The summed E-state index contributed by atoms with van der Waals surface area (Å²) < 4.78 is 5.34. The molecular formula is C21H32N2O3. The number of morpholine rings is 1. The molecule has 1 aromatic carbocycles. The zero-order valence-corrected chi connectivity index (χ0v) is 15.7. The maximum atomic E-state index is 12.4. The second-order valence-corrected chi connectivity index (χ2v) is 7.51. The molecule has 26 heavy (non-hydrogen) atoms. The number of aryl methyl sites for hydroxylation is 1. The van der Waals surface area contributed by atoms with E-state index in [-0.39, 0.29) is 12.0 Å². The van der Waals surface area contributed by atoms with Crippen molar-refractivity contribution in [1.29, 1.82) is 0 Å². The highest BCUT2D eigenvalue weighted by atomic mass is 16.5. The van der Waals surface area contributed by atoms with Gasteiger partial charge < -0.3 is 14.7 Å². The average molecular weight is 360 g/mol. The predicted molar refractivity (Wildman–Crippen MR) is 102 cm³/mol. The number of aliphatic hydroxyl groups is 1. The minimum Gasteiger partial charge on any atom is -0.393 e. The SMILES string of the molecule is O=C(CCN1CCOCC1)N1CCC([C@H](O)CCc2ccccc2)CC1. The van der Waals surface area contributed by atoms with Crippen LogP contribution < -0.4 is 0 Å². The van der Waals surface area contributed by atoms with Crippen molar-refractivity contribution in [3.05, 3.63) is 35.9 Å². The van der Waals surface area contributed by atoms with Crippen molar-refractivity contribution >= 4 is 5.91 Å². The summed E-state index contributed by atoms with van der Waals surface area (Å²) >= 11 is 0. The van der Waals surface area contributed by atoms with E-state index < -0.39 is 0 Å². The lowest BCUT2D eigenvalue weighted by atomic mass is 9.88. The Morgan fingerprint density at radius 2 is 1.81 bits per heavy atom. The van der Waals surface area contributed by atoms with Crippen LogP contribution in [0, 0.1) is 5.92 Å². The molecule has 2 aliphatic heterocycles. The summed E-state index contributed by atoms with van der Waals surface area (Å²) in [6.07, 6.45) is 3.89. The molecule has 0 aromatic heterocycles. The van der Waals surface area contributed by atoms with Crippen LogP contribution in [0.4, 0.5) is 0 Å². The first kappa shape index (κ1) is 19.3. The number of hydrogen-bond acceptors (Lipinski definition) is 4. The normalized spacial score (nSPS) is 20.9. The van der Waals surface area contributed by atoms with Crippen LogP contribution in [-0.2, 0) is 16.0 Å². The van der Waals surface area contributed by atoms with Gasteiger partial charge in [0, 0.05) is 39.1 Å². The first-order valence-electron chi connectivity index (χ1n) is 10.0. The molecule has 2 heterocycles. The number of amides is 1. The van der Waals surface area contributed by atoms with Crippen LogP contribution in [0.3, 0.4) is 0 Å². The lowest BCUT2D eigenvalue weighted by molar-refractivity contribution is -0.133.